The van der Waals surface area contributed by atoms with Crippen molar-refractivity contribution >= 4 is 11.6 Å². The summed E-state index contributed by atoms with van der Waals surface area (Å²) >= 11 is 0. The average Bonchev–Trinajstić information content (AvgIpc) is 2.38. The predicted octanol–water partition coefficient (Wildman–Crippen LogP) is 2.56. The lowest BCUT2D eigenvalue weighted by molar-refractivity contribution is -0.385. The van der Waals surface area contributed by atoms with E-state index >= 15 is 0 Å². The molecule has 0 bridgehead atoms. The number of amides is 1. The van der Waals surface area contributed by atoms with Gasteiger partial charge in [0.15, 0.2) is 5.75 Å². The molecule has 0 aliphatic rings. The fraction of sp³-hybridized carbons (Fsp3) is 0.462. The summed E-state index contributed by atoms with van der Waals surface area (Å²) in [7, 11) is 0. The molecule has 1 unspecified atom stereocenters. The standard InChI is InChI=1S/C13H18N2O4/c1-4-9(3)14(5-2)13(17)10-6-7-11(15(18)19)12(16)8-10/h6-9,16H,4-5H2,1-3H3. The summed E-state index contributed by atoms with van der Waals surface area (Å²) in [6.45, 7) is 6.33. The summed E-state index contributed by atoms with van der Waals surface area (Å²) in [4.78, 5) is 23.8. The Morgan fingerprint density at radius 3 is 2.53 bits per heavy atom. The lowest BCUT2D eigenvalue weighted by Crippen LogP contribution is -2.38. The number of carbonyl (C=O) groups is 1. The summed E-state index contributed by atoms with van der Waals surface area (Å²) in [5.74, 6) is -0.724. The van der Waals surface area contributed by atoms with Crippen LogP contribution in [0.5, 0.6) is 5.75 Å². The van der Waals surface area contributed by atoms with Gasteiger partial charge in [-0.05, 0) is 32.4 Å². The molecule has 1 rings (SSSR count). The van der Waals surface area contributed by atoms with Crippen molar-refractivity contribution in [1.29, 1.82) is 0 Å². The number of nitro benzene ring substituents is 1. The van der Waals surface area contributed by atoms with Crippen molar-refractivity contribution in [3.8, 4) is 5.75 Å². The average molecular weight is 266 g/mol. The van der Waals surface area contributed by atoms with Gasteiger partial charge in [-0.1, -0.05) is 6.92 Å². The molecule has 1 amide bonds. The fourth-order valence-electron chi connectivity index (χ4n) is 1.85. The van der Waals surface area contributed by atoms with Crippen LogP contribution in [-0.4, -0.2) is 33.4 Å². The number of carbonyl (C=O) groups excluding carboxylic acids is 1. The van der Waals surface area contributed by atoms with Gasteiger partial charge >= 0.3 is 5.69 Å². The lowest BCUT2D eigenvalue weighted by Gasteiger charge is -2.27. The molecule has 6 nitrogen and oxygen atoms in total. The highest BCUT2D eigenvalue weighted by atomic mass is 16.6. The van der Waals surface area contributed by atoms with Crippen LogP contribution in [0, 0.1) is 10.1 Å². The predicted molar refractivity (Wildman–Crippen MR) is 71.2 cm³/mol. The van der Waals surface area contributed by atoms with Crippen molar-refractivity contribution in [1.82, 2.24) is 4.90 Å². The van der Waals surface area contributed by atoms with Crippen LogP contribution in [0.4, 0.5) is 5.69 Å². The normalized spacial score (nSPS) is 11.9. The van der Waals surface area contributed by atoms with E-state index in [1.807, 2.05) is 20.8 Å². The van der Waals surface area contributed by atoms with E-state index in [9.17, 15) is 20.0 Å². The van der Waals surface area contributed by atoms with Crippen LogP contribution in [0.3, 0.4) is 0 Å². The molecule has 1 atom stereocenters. The monoisotopic (exact) mass is 266 g/mol. The van der Waals surface area contributed by atoms with Gasteiger partial charge in [0.2, 0.25) is 0 Å². The zero-order valence-corrected chi connectivity index (χ0v) is 11.3. The Morgan fingerprint density at radius 1 is 1.47 bits per heavy atom. The number of phenols is 1. The molecule has 0 heterocycles. The van der Waals surface area contributed by atoms with Crippen LogP contribution in [0.1, 0.15) is 37.6 Å². The van der Waals surface area contributed by atoms with Gasteiger partial charge in [0.25, 0.3) is 5.91 Å². The van der Waals surface area contributed by atoms with Crippen LogP contribution in [-0.2, 0) is 0 Å². The van der Waals surface area contributed by atoms with E-state index in [-0.39, 0.29) is 17.5 Å². The van der Waals surface area contributed by atoms with Crippen LogP contribution >= 0.6 is 0 Å². The minimum absolute atomic E-state index is 0.0786. The Labute approximate surface area is 111 Å². The Morgan fingerprint density at radius 2 is 2.11 bits per heavy atom. The molecule has 0 saturated carbocycles. The van der Waals surface area contributed by atoms with E-state index in [2.05, 4.69) is 0 Å². The summed E-state index contributed by atoms with van der Waals surface area (Å²) in [6.07, 6.45) is 0.818. The molecular weight excluding hydrogens is 248 g/mol. The van der Waals surface area contributed by atoms with Gasteiger partial charge in [-0.15, -0.1) is 0 Å². The first kappa shape index (κ1) is 14.9. The zero-order chi connectivity index (χ0) is 14.6. The lowest BCUT2D eigenvalue weighted by atomic mass is 10.1. The molecule has 0 spiro atoms. The van der Waals surface area contributed by atoms with E-state index in [0.29, 0.717) is 6.54 Å². The summed E-state index contributed by atoms with van der Waals surface area (Å²) in [6, 6.07) is 3.74. The Balaban J connectivity index is 3.06. The number of phenolic OH excluding ortho intramolecular Hbond substituents is 1. The van der Waals surface area contributed by atoms with Crippen molar-refractivity contribution in [3.05, 3.63) is 33.9 Å². The maximum absolute atomic E-state index is 12.3. The second-order valence-electron chi connectivity index (χ2n) is 4.31. The molecule has 1 aromatic rings. The SMILES string of the molecule is CCC(C)N(CC)C(=O)c1ccc([N+](=O)[O-])c(O)c1. The smallest absolute Gasteiger partial charge is 0.310 e. The first-order valence-corrected chi connectivity index (χ1v) is 6.20. The number of nitro groups is 1. The first-order chi connectivity index (χ1) is 8.92. The van der Waals surface area contributed by atoms with Crippen LogP contribution < -0.4 is 0 Å². The molecular formula is C13H18N2O4. The quantitative estimate of drug-likeness (QED) is 0.655. The Bertz CT molecular complexity index is 488. The molecule has 0 aliphatic heterocycles. The maximum Gasteiger partial charge on any atom is 0.310 e. The molecule has 104 valence electrons. The van der Waals surface area contributed by atoms with E-state index in [1.54, 1.807) is 4.90 Å². The molecule has 0 aliphatic carbocycles. The number of aromatic hydroxyl groups is 1. The van der Waals surface area contributed by atoms with Gasteiger partial charge in [0.1, 0.15) is 0 Å². The minimum atomic E-state index is -0.685. The number of rotatable bonds is 5. The van der Waals surface area contributed by atoms with Gasteiger partial charge in [0.05, 0.1) is 4.92 Å². The Kier molecular flexibility index (Phi) is 4.86. The van der Waals surface area contributed by atoms with Crippen LogP contribution in [0.2, 0.25) is 0 Å². The molecule has 0 radical (unpaired) electrons. The van der Waals surface area contributed by atoms with Crippen LogP contribution in [0.15, 0.2) is 18.2 Å². The van der Waals surface area contributed by atoms with E-state index in [4.69, 9.17) is 0 Å². The Hall–Kier alpha value is -2.11. The molecule has 0 aromatic heterocycles. The van der Waals surface area contributed by atoms with Gasteiger partial charge in [-0.3, -0.25) is 14.9 Å². The summed E-state index contributed by atoms with van der Waals surface area (Å²) in [5, 5.41) is 20.1. The van der Waals surface area contributed by atoms with Gasteiger partial charge in [-0.25, -0.2) is 0 Å². The van der Waals surface area contributed by atoms with E-state index in [0.717, 1.165) is 18.6 Å². The zero-order valence-electron chi connectivity index (χ0n) is 11.3. The van der Waals surface area contributed by atoms with Crippen molar-refractivity contribution in [2.24, 2.45) is 0 Å². The van der Waals surface area contributed by atoms with Gasteiger partial charge in [-0.2, -0.15) is 0 Å². The van der Waals surface area contributed by atoms with Gasteiger partial charge < -0.3 is 10.0 Å². The van der Waals surface area contributed by atoms with Crippen LogP contribution in [0.25, 0.3) is 0 Å². The minimum Gasteiger partial charge on any atom is -0.502 e. The third kappa shape index (κ3) is 3.21. The number of nitrogens with zero attached hydrogens (tertiary/aromatic N) is 2. The van der Waals surface area contributed by atoms with Crippen molar-refractivity contribution in [2.45, 2.75) is 33.2 Å². The van der Waals surface area contributed by atoms with E-state index in [1.165, 1.54) is 6.07 Å². The third-order valence-corrected chi connectivity index (χ3v) is 3.14. The van der Waals surface area contributed by atoms with Crippen molar-refractivity contribution in [3.63, 3.8) is 0 Å². The fourth-order valence-corrected chi connectivity index (χ4v) is 1.85. The highest BCUT2D eigenvalue weighted by Crippen LogP contribution is 2.27. The second-order valence-corrected chi connectivity index (χ2v) is 4.31. The van der Waals surface area contributed by atoms with Gasteiger partial charge in [0, 0.05) is 24.2 Å². The highest BCUT2D eigenvalue weighted by molar-refractivity contribution is 5.95. The molecule has 0 fully saturated rings. The summed E-state index contributed by atoms with van der Waals surface area (Å²) in [5.41, 5.74) is -0.145. The highest BCUT2D eigenvalue weighted by Gasteiger charge is 2.21. The maximum atomic E-state index is 12.3. The molecule has 1 aromatic carbocycles. The molecule has 6 heteroatoms. The molecule has 0 saturated heterocycles. The third-order valence-electron chi connectivity index (χ3n) is 3.14. The number of hydrogen-bond acceptors (Lipinski definition) is 4. The largest absolute Gasteiger partial charge is 0.502 e. The number of benzene rings is 1. The number of hydrogen-bond donors (Lipinski definition) is 1. The first-order valence-electron chi connectivity index (χ1n) is 6.20. The van der Waals surface area contributed by atoms with Crippen molar-refractivity contribution in [2.75, 3.05) is 6.54 Å². The summed E-state index contributed by atoms with van der Waals surface area (Å²) < 4.78 is 0. The topological polar surface area (TPSA) is 83.7 Å². The molecule has 19 heavy (non-hydrogen) atoms. The van der Waals surface area contributed by atoms with E-state index < -0.39 is 16.4 Å². The van der Waals surface area contributed by atoms with Crippen molar-refractivity contribution < 1.29 is 14.8 Å². The second kappa shape index (κ2) is 6.17. The molecule has 1 N–H and O–H groups in total.